The van der Waals surface area contributed by atoms with Gasteiger partial charge in [0.25, 0.3) is 0 Å². The average molecular weight is 775 g/mol. The van der Waals surface area contributed by atoms with Gasteiger partial charge < -0.3 is 35.4 Å². The van der Waals surface area contributed by atoms with Crippen LogP contribution in [-0.4, -0.2) is 110 Å². The minimum atomic E-state index is 0.451. The Kier molecular flexibility index (Phi) is 14.4. The zero-order valence-corrected chi connectivity index (χ0v) is 34.3. The van der Waals surface area contributed by atoms with E-state index in [1.807, 2.05) is 35.0 Å². The van der Waals surface area contributed by atoms with E-state index in [4.69, 9.17) is 15.0 Å². The van der Waals surface area contributed by atoms with Crippen molar-refractivity contribution in [3.8, 4) is 0 Å². The summed E-state index contributed by atoms with van der Waals surface area (Å²) in [6, 6.07) is 26.0. The Labute approximate surface area is 335 Å². The zero-order chi connectivity index (χ0) is 40.1. The number of carbonyl (C=O) groups is 1. The lowest BCUT2D eigenvalue weighted by molar-refractivity contribution is -0.106. The summed E-state index contributed by atoms with van der Waals surface area (Å²) in [6.45, 7) is 14.7. The maximum atomic E-state index is 8.81. The molecule has 3 N–H and O–H groups in total. The van der Waals surface area contributed by atoms with Gasteiger partial charge in [0.15, 0.2) is 23.3 Å². The van der Waals surface area contributed by atoms with Gasteiger partial charge in [-0.1, -0.05) is 67.6 Å². The highest BCUT2D eigenvalue weighted by atomic mass is 16.1. The van der Waals surface area contributed by atoms with E-state index in [-0.39, 0.29) is 0 Å². The highest BCUT2D eigenvalue weighted by Gasteiger charge is 2.22. The first kappa shape index (κ1) is 41.0. The van der Waals surface area contributed by atoms with Gasteiger partial charge in [0, 0.05) is 64.5 Å². The largest absolute Gasteiger partial charge is 0.379 e. The number of piperidine rings is 2. The van der Waals surface area contributed by atoms with Crippen molar-refractivity contribution in [2.75, 3.05) is 67.3 Å². The van der Waals surface area contributed by atoms with Gasteiger partial charge in [-0.2, -0.15) is 9.03 Å². The third-order valence-electron chi connectivity index (χ3n) is 10.4. The fourth-order valence-electron chi connectivity index (χ4n) is 7.20. The first-order valence-electron chi connectivity index (χ1n) is 20.1. The number of aldehydes is 1. The van der Waals surface area contributed by atoms with Crippen LogP contribution >= 0.6 is 0 Å². The van der Waals surface area contributed by atoms with Gasteiger partial charge in [0.2, 0.25) is 11.3 Å². The molecule has 6 heterocycles. The molecule has 15 heteroatoms. The number of rotatable bonds is 11. The fourth-order valence-corrected chi connectivity index (χ4v) is 7.20. The molecule has 2 aliphatic rings. The van der Waals surface area contributed by atoms with Crippen LogP contribution in [0.15, 0.2) is 72.8 Å². The van der Waals surface area contributed by atoms with Crippen molar-refractivity contribution in [2.24, 2.45) is 0 Å². The molecule has 6 aromatic rings. The van der Waals surface area contributed by atoms with Gasteiger partial charge in [0.05, 0.1) is 11.4 Å². The quantitative estimate of drug-likeness (QED) is 0.144. The second-order valence-corrected chi connectivity index (χ2v) is 14.7. The third-order valence-corrected chi connectivity index (χ3v) is 10.4. The van der Waals surface area contributed by atoms with Crippen LogP contribution in [0.25, 0.3) is 11.3 Å². The van der Waals surface area contributed by atoms with E-state index >= 15 is 0 Å². The van der Waals surface area contributed by atoms with Gasteiger partial charge in [-0.15, -0.1) is 30.6 Å². The molecule has 57 heavy (non-hydrogen) atoms. The predicted octanol–water partition coefficient (Wildman–Crippen LogP) is 5.40. The Morgan fingerprint density at radius 3 is 1.54 bits per heavy atom. The molecular weight excluding hydrogens is 717 g/mol. The normalized spacial score (nSPS) is 15.0. The van der Waals surface area contributed by atoms with Gasteiger partial charge in [0.1, 0.15) is 6.29 Å². The standard InChI is InChI=1S/C21H29N7.C19H25N7.C2H4O/c1-4-27-12-10-18(11-13-27)22-19-14-20(25-28-16(2)23-24-21(19)28)26(3)15-17-8-6-5-7-9-17;1-14-22-23-19-17(21-16-8-10-20-11-9-16)12-18(24-26(14)19)25(2)13-15-6-4-3-5-7-15;1-2-3/h5-9,14,18,22H,4,10-13,15H2,1-3H3;3-7,12,16,20-21H,8-11,13H2,1-2H3;2H,1H3. The number of aryl methyl sites for hydroxylation is 2. The summed E-state index contributed by atoms with van der Waals surface area (Å²) in [5.74, 6) is 3.41. The average Bonchev–Trinajstić information content (AvgIpc) is 3.81. The van der Waals surface area contributed by atoms with Crippen LogP contribution in [-0.2, 0) is 17.9 Å². The molecule has 0 aliphatic carbocycles. The Hall–Kier alpha value is -5.67. The smallest absolute Gasteiger partial charge is 0.201 e. The summed E-state index contributed by atoms with van der Waals surface area (Å²) in [5.41, 5.74) is 6.12. The summed E-state index contributed by atoms with van der Waals surface area (Å²) in [5, 5.41) is 37.5. The molecule has 2 aliphatic heterocycles. The number of benzene rings is 2. The van der Waals surface area contributed by atoms with Crippen molar-refractivity contribution in [3.63, 3.8) is 0 Å². The monoisotopic (exact) mass is 774 g/mol. The molecule has 2 aromatic carbocycles. The van der Waals surface area contributed by atoms with E-state index in [0.29, 0.717) is 12.1 Å². The Bertz CT molecular complexity index is 2140. The highest BCUT2D eigenvalue weighted by molar-refractivity contribution is 5.71. The van der Waals surface area contributed by atoms with E-state index in [9.17, 15) is 0 Å². The number of anilines is 4. The summed E-state index contributed by atoms with van der Waals surface area (Å²) < 4.78 is 3.68. The number of hydrogen-bond acceptors (Lipinski definition) is 13. The van der Waals surface area contributed by atoms with Gasteiger partial charge in [-0.25, -0.2) is 0 Å². The third kappa shape index (κ3) is 10.8. The molecule has 4 aromatic heterocycles. The van der Waals surface area contributed by atoms with Crippen LogP contribution in [0, 0.1) is 13.8 Å². The summed E-state index contributed by atoms with van der Waals surface area (Å²) in [4.78, 5) is 15.6. The fraction of sp³-hybridized carbons (Fsp3) is 0.452. The van der Waals surface area contributed by atoms with Crippen LogP contribution < -0.4 is 25.8 Å². The van der Waals surface area contributed by atoms with Gasteiger partial charge in [-0.05, 0) is 77.2 Å². The van der Waals surface area contributed by atoms with Crippen molar-refractivity contribution < 1.29 is 4.79 Å². The molecule has 0 radical (unpaired) electrons. The SMILES string of the molecule is CC=O.CCN1CCC(Nc2cc(N(C)Cc3ccccc3)nn3c(C)nnc23)CC1.Cc1nnc2c(NC3CCNCC3)cc(N(C)Cc3ccccc3)nn12. The molecule has 2 saturated heterocycles. The molecule has 0 spiro atoms. The summed E-state index contributed by atoms with van der Waals surface area (Å²) in [6.07, 6.45) is 5.25. The first-order valence-corrected chi connectivity index (χ1v) is 20.1. The van der Waals surface area contributed by atoms with E-state index in [2.05, 4.69) is 133 Å². The van der Waals surface area contributed by atoms with E-state index in [1.165, 1.54) is 18.1 Å². The molecule has 302 valence electrons. The minimum Gasteiger partial charge on any atom is -0.379 e. The lowest BCUT2D eigenvalue weighted by atomic mass is 10.0. The molecule has 8 rings (SSSR count). The lowest BCUT2D eigenvalue weighted by Gasteiger charge is -2.32. The molecule has 0 unspecified atom stereocenters. The maximum Gasteiger partial charge on any atom is 0.201 e. The van der Waals surface area contributed by atoms with Crippen LogP contribution in [0.3, 0.4) is 0 Å². The Morgan fingerprint density at radius 2 is 1.12 bits per heavy atom. The van der Waals surface area contributed by atoms with Crippen molar-refractivity contribution >= 4 is 40.6 Å². The molecule has 0 atom stereocenters. The number of nitrogens with zero attached hydrogens (tertiary/aromatic N) is 11. The van der Waals surface area contributed by atoms with Crippen molar-refractivity contribution in [3.05, 3.63) is 95.6 Å². The topological polar surface area (TPSA) is 149 Å². The number of likely N-dealkylation sites (tertiary alicyclic amines) is 1. The van der Waals surface area contributed by atoms with Crippen molar-refractivity contribution in [1.29, 1.82) is 0 Å². The predicted molar refractivity (Wildman–Crippen MR) is 228 cm³/mol. The molecule has 0 bridgehead atoms. The molecule has 15 nitrogen and oxygen atoms in total. The minimum absolute atomic E-state index is 0.451. The summed E-state index contributed by atoms with van der Waals surface area (Å²) in [7, 11) is 4.14. The highest BCUT2D eigenvalue weighted by Crippen LogP contribution is 2.26. The van der Waals surface area contributed by atoms with E-state index in [1.54, 1.807) is 0 Å². The number of carbonyl (C=O) groups excluding carboxylic acids is 1. The van der Waals surface area contributed by atoms with Crippen LogP contribution in [0.1, 0.15) is 62.3 Å². The van der Waals surface area contributed by atoms with Gasteiger partial charge >= 0.3 is 0 Å². The number of nitrogens with one attached hydrogen (secondary N) is 3. The van der Waals surface area contributed by atoms with E-state index < -0.39 is 0 Å². The van der Waals surface area contributed by atoms with Crippen LogP contribution in [0.5, 0.6) is 0 Å². The molecule has 0 saturated carbocycles. The van der Waals surface area contributed by atoms with Crippen LogP contribution in [0.2, 0.25) is 0 Å². The van der Waals surface area contributed by atoms with E-state index in [0.717, 1.165) is 124 Å². The number of fused-ring (bicyclic) bond motifs is 2. The van der Waals surface area contributed by atoms with Crippen molar-refractivity contribution in [1.82, 2.24) is 49.8 Å². The molecule has 0 amide bonds. The second kappa shape index (κ2) is 20.0. The number of hydrogen-bond donors (Lipinski definition) is 3. The van der Waals surface area contributed by atoms with Crippen molar-refractivity contribution in [2.45, 2.75) is 78.6 Å². The Morgan fingerprint density at radius 1 is 0.702 bits per heavy atom. The van der Waals surface area contributed by atoms with Gasteiger partial charge in [-0.3, -0.25) is 0 Å². The summed E-state index contributed by atoms with van der Waals surface area (Å²) >= 11 is 0. The zero-order valence-electron chi connectivity index (χ0n) is 34.3. The second-order valence-electron chi connectivity index (χ2n) is 14.7. The lowest BCUT2D eigenvalue weighted by Crippen LogP contribution is -2.39. The Balaban J connectivity index is 0.000000181. The first-order chi connectivity index (χ1) is 27.8. The maximum absolute atomic E-state index is 8.81. The number of aromatic nitrogens is 8. The molecular formula is C42H58N14O. The molecule has 2 fully saturated rings. The van der Waals surface area contributed by atoms with Crippen LogP contribution in [0.4, 0.5) is 23.0 Å².